The summed E-state index contributed by atoms with van der Waals surface area (Å²) < 4.78 is 12.8. The molecule has 0 bridgehead atoms. The standard InChI is InChI=1S/C22H21ClN4O3/c1-3-29-21(28)19-14(2)26-22-24-13-25-27(22)20(19)16-6-10-18(11-7-16)30-12-15-4-8-17(23)9-5-15/h4-11,13,20H,3,12H2,1-2H3,(H,24,25,26). The van der Waals surface area contributed by atoms with Crippen LogP contribution in [0.3, 0.4) is 0 Å². The molecule has 0 aliphatic carbocycles. The van der Waals surface area contributed by atoms with Gasteiger partial charge in [-0.15, -0.1) is 0 Å². The lowest BCUT2D eigenvalue weighted by Gasteiger charge is -2.28. The SMILES string of the molecule is CCOC(=O)C1=C(C)Nc2ncnn2C1c1ccc(OCc2ccc(Cl)cc2)cc1. The van der Waals surface area contributed by atoms with Crippen LogP contribution in [0.25, 0.3) is 0 Å². The van der Waals surface area contributed by atoms with Crippen LogP contribution >= 0.6 is 11.6 Å². The van der Waals surface area contributed by atoms with E-state index in [2.05, 4.69) is 15.4 Å². The van der Waals surface area contributed by atoms with E-state index in [1.54, 1.807) is 11.6 Å². The van der Waals surface area contributed by atoms with Crippen molar-refractivity contribution in [1.82, 2.24) is 14.8 Å². The van der Waals surface area contributed by atoms with Gasteiger partial charge >= 0.3 is 5.97 Å². The molecular weight excluding hydrogens is 404 g/mol. The fourth-order valence-corrected chi connectivity index (χ4v) is 3.49. The first-order valence-corrected chi connectivity index (χ1v) is 9.96. The zero-order valence-corrected chi connectivity index (χ0v) is 17.4. The highest BCUT2D eigenvalue weighted by atomic mass is 35.5. The molecular formula is C22H21ClN4O3. The van der Waals surface area contributed by atoms with Crippen LogP contribution in [-0.2, 0) is 16.1 Å². The molecule has 1 N–H and O–H groups in total. The number of aromatic nitrogens is 3. The Morgan fingerprint density at radius 3 is 2.60 bits per heavy atom. The van der Waals surface area contributed by atoms with E-state index in [0.29, 0.717) is 35.5 Å². The Morgan fingerprint density at radius 2 is 1.90 bits per heavy atom. The Bertz CT molecular complexity index is 1070. The number of esters is 1. The summed E-state index contributed by atoms with van der Waals surface area (Å²) in [4.78, 5) is 16.9. The molecule has 2 heterocycles. The summed E-state index contributed by atoms with van der Waals surface area (Å²) in [6.45, 7) is 4.35. The summed E-state index contributed by atoms with van der Waals surface area (Å²) in [5.74, 6) is 0.921. The number of hydrogen-bond acceptors (Lipinski definition) is 6. The Labute approximate surface area is 179 Å². The third kappa shape index (κ3) is 4.02. The van der Waals surface area contributed by atoms with Crippen molar-refractivity contribution < 1.29 is 14.3 Å². The van der Waals surface area contributed by atoms with E-state index in [9.17, 15) is 4.79 Å². The van der Waals surface area contributed by atoms with Gasteiger partial charge in [-0.2, -0.15) is 10.1 Å². The van der Waals surface area contributed by atoms with Gasteiger partial charge in [-0.1, -0.05) is 35.9 Å². The van der Waals surface area contributed by atoms with Crippen molar-refractivity contribution in [3.63, 3.8) is 0 Å². The Kier molecular flexibility index (Phi) is 5.72. The van der Waals surface area contributed by atoms with Gasteiger partial charge in [0.1, 0.15) is 24.7 Å². The molecule has 154 valence electrons. The van der Waals surface area contributed by atoms with E-state index in [-0.39, 0.29) is 5.97 Å². The minimum absolute atomic E-state index is 0.296. The maximum atomic E-state index is 12.7. The minimum atomic E-state index is -0.437. The Morgan fingerprint density at radius 1 is 1.17 bits per heavy atom. The fourth-order valence-electron chi connectivity index (χ4n) is 3.37. The molecule has 1 aliphatic rings. The quantitative estimate of drug-likeness (QED) is 0.592. The van der Waals surface area contributed by atoms with Gasteiger partial charge < -0.3 is 14.8 Å². The second kappa shape index (κ2) is 8.59. The molecule has 30 heavy (non-hydrogen) atoms. The number of benzene rings is 2. The van der Waals surface area contributed by atoms with Crippen molar-refractivity contribution in [3.8, 4) is 5.75 Å². The van der Waals surface area contributed by atoms with E-state index < -0.39 is 6.04 Å². The molecule has 2 aromatic carbocycles. The molecule has 0 saturated heterocycles. The number of allylic oxidation sites excluding steroid dienone is 1. The average molecular weight is 425 g/mol. The van der Waals surface area contributed by atoms with Gasteiger partial charge in [0.2, 0.25) is 5.95 Å². The van der Waals surface area contributed by atoms with Crippen LogP contribution in [0.1, 0.15) is 31.0 Å². The van der Waals surface area contributed by atoms with E-state index in [0.717, 1.165) is 16.9 Å². The normalized spacial score (nSPS) is 15.4. The molecule has 1 atom stereocenters. The molecule has 1 aromatic heterocycles. The summed E-state index contributed by atoms with van der Waals surface area (Å²) in [5, 5.41) is 8.12. The highest BCUT2D eigenvalue weighted by Gasteiger charge is 2.34. The van der Waals surface area contributed by atoms with Crippen molar-refractivity contribution in [2.45, 2.75) is 26.5 Å². The van der Waals surface area contributed by atoms with E-state index in [1.807, 2.05) is 55.5 Å². The van der Waals surface area contributed by atoms with Crippen LogP contribution in [0.15, 0.2) is 66.1 Å². The van der Waals surface area contributed by atoms with Gasteiger partial charge in [-0.05, 0) is 49.2 Å². The van der Waals surface area contributed by atoms with Crippen LogP contribution < -0.4 is 10.1 Å². The number of nitrogens with zero attached hydrogens (tertiary/aromatic N) is 3. The number of nitrogens with one attached hydrogen (secondary N) is 1. The number of carbonyl (C=O) groups is 1. The first kappa shape index (κ1) is 20.0. The molecule has 0 saturated carbocycles. The molecule has 0 spiro atoms. The predicted molar refractivity (Wildman–Crippen MR) is 113 cm³/mol. The summed E-state index contributed by atoms with van der Waals surface area (Å²) in [7, 11) is 0. The van der Waals surface area contributed by atoms with Crippen LogP contribution in [0.4, 0.5) is 5.95 Å². The van der Waals surface area contributed by atoms with Crippen molar-refractivity contribution in [2.75, 3.05) is 11.9 Å². The molecule has 1 unspecified atom stereocenters. The maximum absolute atomic E-state index is 12.7. The van der Waals surface area contributed by atoms with Crippen LogP contribution in [0.5, 0.6) is 5.75 Å². The second-order valence-corrected chi connectivity index (χ2v) is 7.24. The number of anilines is 1. The number of carbonyl (C=O) groups excluding carboxylic acids is 1. The topological polar surface area (TPSA) is 78.3 Å². The summed E-state index contributed by atoms with van der Waals surface area (Å²) in [6, 6.07) is 14.7. The fraction of sp³-hybridized carbons (Fsp3) is 0.227. The minimum Gasteiger partial charge on any atom is -0.489 e. The molecule has 3 aromatic rings. The predicted octanol–water partition coefficient (Wildman–Crippen LogP) is 4.36. The Hall–Kier alpha value is -3.32. The number of halogens is 1. The number of hydrogen-bond donors (Lipinski definition) is 1. The lowest BCUT2D eigenvalue weighted by molar-refractivity contribution is -0.139. The lowest BCUT2D eigenvalue weighted by Crippen LogP contribution is -2.29. The zero-order chi connectivity index (χ0) is 21.1. The average Bonchev–Trinajstić information content (AvgIpc) is 3.21. The largest absolute Gasteiger partial charge is 0.489 e. The third-order valence-corrected chi connectivity index (χ3v) is 5.06. The molecule has 1 aliphatic heterocycles. The molecule has 0 fully saturated rings. The molecule has 7 nitrogen and oxygen atoms in total. The van der Waals surface area contributed by atoms with Crippen molar-refractivity contribution in [2.24, 2.45) is 0 Å². The molecule has 8 heteroatoms. The van der Waals surface area contributed by atoms with Crippen molar-refractivity contribution >= 4 is 23.5 Å². The summed E-state index contributed by atoms with van der Waals surface area (Å²) in [5.41, 5.74) is 3.11. The number of fused-ring (bicyclic) bond motifs is 1. The first-order valence-electron chi connectivity index (χ1n) is 9.58. The zero-order valence-electron chi connectivity index (χ0n) is 16.6. The lowest BCUT2D eigenvalue weighted by atomic mass is 9.96. The van der Waals surface area contributed by atoms with Gasteiger partial charge in [0.05, 0.1) is 12.2 Å². The van der Waals surface area contributed by atoms with Gasteiger partial charge in [-0.3, -0.25) is 0 Å². The maximum Gasteiger partial charge on any atom is 0.338 e. The van der Waals surface area contributed by atoms with E-state index in [4.69, 9.17) is 21.1 Å². The third-order valence-electron chi connectivity index (χ3n) is 4.80. The van der Waals surface area contributed by atoms with Gasteiger partial charge in [0, 0.05) is 10.7 Å². The molecule has 4 rings (SSSR count). The van der Waals surface area contributed by atoms with Gasteiger partial charge in [0.15, 0.2) is 0 Å². The highest BCUT2D eigenvalue weighted by molar-refractivity contribution is 6.30. The Balaban J connectivity index is 1.58. The van der Waals surface area contributed by atoms with Gasteiger partial charge in [-0.25, -0.2) is 9.48 Å². The molecule has 0 radical (unpaired) electrons. The summed E-state index contributed by atoms with van der Waals surface area (Å²) in [6.07, 6.45) is 1.46. The van der Waals surface area contributed by atoms with Crippen molar-refractivity contribution in [3.05, 3.63) is 82.3 Å². The van der Waals surface area contributed by atoms with E-state index >= 15 is 0 Å². The first-order chi connectivity index (χ1) is 14.6. The van der Waals surface area contributed by atoms with E-state index in [1.165, 1.54) is 6.33 Å². The van der Waals surface area contributed by atoms with Crippen molar-refractivity contribution in [1.29, 1.82) is 0 Å². The van der Waals surface area contributed by atoms with Crippen LogP contribution in [-0.4, -0.2) is 27.3 Å². The number of rotatable bonds is 6. The van der Waals surface area contributed by atoms with Gasteiger partial charge in [0.25, 0.3) is 0 Å². The number of ether oxygens (including phenoxy) is 2. The molecule has 0 amide bonds. The van der Waals surface area contributed by atoms with Crippen LogP contribution in [0, 0.1) is 0 Å². The highest BCUT2D eigenvalue weighted by Crippen LogP contribution is 2.35. The smallest absolute Gasteiger partial charge is 0.338 e. The summed E-state index contributed by atoms with van der Waals surface area (Å²) >= 11 is 5.92. The monoisotopic (exact) mass is 424 g/mol. The van der Waals surface area contributed by atoms with Crippen LogP contribution in [0.2, 0.25) is 5.02 Å². The second-order valence-electron chi connectivity index (χ2n) is 6.80.